The van der Waals surface area contributed by atoms with Gasteiger partial charge in [-0.2, -0.15) is 0 Å². The van der Waals surface area contributed by atoms with Gasteiger partial charge in [0.25, 0.3) is 0 Å². The van der Waals surface area contributed by atoms with Crippen molar-refractivity contribution in [1.82, 2.24) is 15.0 Å². The van der Waals surface area contributed by atoms with E-state index in [0.29, 0.717) is 17.5 Å². The Bertz CT molecular complexity index is 2910. The lowest BCUT2D eigenvalue weighted by atomic mass is 9.97. The van der Waals surface area contributed by atoms with Crippen LogP contribution in [0.25, 0.3) is 99.9 Å². The van der Waals surface area contributed by atoms with Crippen molar-refractivity contribution in [2.24, 2.45) is 0 Å². The third kappa shape index (κ3) is 5.13. The maximum atomic E-state index is 6.67. The van der Waals surface area contributed by atoms with Gasteiger partial charge in [0, 0.05) is 33.0 Å². The number of furan rings is 1. The lowest BCUT2D eigenvalue weighted by molar-refractivity contribution is 0.670. The quantitative estimate of drug-likeness (QED) is 0.186. The van der Waals surface area contributed by atoms with E-state index in [0.717, 1.165) is 55.1 Å². The van der Waals surface area contributed by atoms with Gasteiger partial charge in [-0.3, -0.25) is 0 Å². The Labute approximate surface area is 294 Å². The fraction of sp³-hybridized carbons (Fsp3) is 0. The van der Waals surface area contributed by atoms with E-state index in [4.69, 9.17) is 19.4 Å². The summed E-state index contributed by atoms with van der Waals surface area (Å²) in [6.07, 6.45) is 0. The van der Waals surface area contributed by atoms with Crippen molar-refractivity contribution in [3.05, 3.63) is 176 Å². The third-order valence-electron chi connectivity index (χ3n) is 9.72. The first-order valence-corrected chi connectivity index (χ1v) is 17.1. The lowest BCUT2D eigenvalue weighted by Gasteiger charge is -2.10. The van der Waals surface area contributed by atoms with Crippen molar-refractivity contribution in [3.8, 4) is 56.4 Å². The van der Waals surface area contributed by atoms with E-state index >= 15 is 0 Å². The highest BCUT2D eigenvalue weighted by atomic mass is 16.3. The smallest absolute Gasteiger partial charge is 0.164 e. The molecule has 0 bridgehead atoms. The van der Waals surface area contributed by atoms with Crippen LogP contribution in [0, 0.1) is 0 Å². The van der Waals surface area contributed by atoms with E-state index in [-0.39, 0.29) is 0 Å². The summed E-state index contributed by atoms with van der Waals surface area (Å²) in [6.45, 7) is 0. The normalized spacial score (nSPS) is 11.5. The van der Waals surface area contributed by atoms with Crippen LogP contribution < -0.4 is 0 Å². The molecule has 0 saturated carbocycles. The first-order chi connectivity index (χ1) is 25.2. The molecule has 51 heavy (non-hydrogen) atoms. The van der Waals surface area contributed by atoms with Crippen LogP contribution in [0.15, 0.2) is 180 Å². The van der Waals surface area contributed by atoms with Gasteiger partial charge in [0.05, 0.1) is 0 Å². The molecule has 0 aliphatic rings. The van der Waals surface area contributed by atoms with Gasteiger partial charge in [-0.1, -0.05) is 158 Å². The number of nitrogens with zero attached hydrogens (tertiary/aromatic N) is 3. The number of aromatic nitrogens is 3. The standard InChI is InChI=1S/C47H29N3O/c1-2-12-34(13-3-1)45-48-46(38-27-23-31-11-5-7-15-36(31)29-38)50-47(49-45)41-18-9-19-42-43(41)40-17-8-16-39(44(40)51-42)33-24-20-32(21-25-33)37-26-22-30-10-4-6-14-35(30)28-37/h1-29H. The molecule has 2 aromatic heterocycles. The molecule has 0 atom stereocenters. The molecule has 8 aromatic carbocycles. The van der Waals surface area contributed by atoms with Crippen LogP contribution in [0.4, 0.5) is 0 Å². The van der Waals surface area contributed by atoms with Crippen molar-refractivity contribution in [2.45, 2.75) is 0 Å². The topological polar surface area (TPSA) is 51.8 Å². The zero-order chi connectivity index (χ0) is 33.7. The van der Waals surface area contributed by atoms with Gasteiger partial charge in [0.1, 0.15) is 11.2 Å². The van der Waals surface area contributed by atoms with Crippen LogP contribution >= 0.6 is 0 Å². The van der Waals surface area contributed by atoms with E-state index in [9.17, 15) is 0 Å². The fourth-order valence-corrected chi connectivity index (χ4v) is 7.14. The van der Waals surface area contributed by atoms with E-state index in [1.165, 1.54) is 27.3 Å². The minimum absolute atomic E-state index is 0.602. The molecule has 2 heterocycles. The molecule has 0 amide bonds. The first-order valence-electron chi connectivity index (χ1n) is 17.1. The van der Waals surface area contributed by atoms with E-state index < -0.39 is 0 Å². The summed E-state index contributed by atoms with van der Waals surface area (Å²) >= 11 is 0. The van der Waals surface area contributed by atoms with Gasteiger partial charge >= 0.3 is 0 Å². The fourth-order valence-electron chi connectivity index (χ4n) is 7.14. The Balaban J connectivity index is 1.11. The average molecular weight is 652 g/mol. The zero-order valence-corrected chi connectivity index (χ0v) is 27.5. The van der Waals surface area contributed by atoms with Gasteiger partial charge in [-0.15, -0.1) is 0 Å². The highest BCUT2D eigenvalue weighted by Gasteiger charge is 2.19. The van der Waals surface area contributed by atoms with Crippen LogP contribution in [0.1, 0.15) is 0 Å². The molecule has 0 fully saturated rings. The first kappa shape index (κ1) is 29.0. The molecule has 10 rings (SSSR count). The number of hydrogen-bond acceptors (Lipinski definition) is 4. The van der Waals surface area contributed by atoms with Gasteiger partial charge in [-0.25, -0.2) is 15.0 Å². The molecule has 0 N–H and O–H groups in total. The molecule has 0 unspecified atom stereocenters. The Kier molecular flexibility index (Phi) is 6.78. The number of hydrogen-bond donors (Lipinski definition) is 0. The van der Waals surface area contributed by atoms with Crippen molar-refractivity contribution in [2.75, 3.05) is 0 Å². The van der Waals surface area contributed by atoms with Gasteiger partial charge in [0.15, 0.2) is 17.5 Å². The lowest BCUT2D eigenvalue weighted by Crippen LogP contribution is -2.00. The molecule has 0 spiro atoms. The second-order valence-corrected chi connectivity index (χ2v) is 12.8. The van der Waals surface area contributed by atoms with E-state index in [2.05, 4.69) is 133 Å². The predicted molar refractivity (Wildman–Crippen MR) is 209 cm³/mol. The summed E-state index contributed by atoms with van der Waals surface area (Å²) in [6, 6.07) is 61.1. The highest BCUT2D eigenvalue weighted by Crippen LogP contribution is 2.41. The second kappa shape index (κ2) is 11.9. The van der Waals surface area contributed by atoms with Gasteiger partial charge in [-0.05, 0) is 56.4 Å². The monoisotopic (exact) mass is 651 g/mol. The van der Waals surface area contributed by atoms with Crippen LogP contribution in [-0.4, -0.2) is 15.0 Å². The molecular weight excluding hydrogens is 623 g/mol. The zero-order valence-electron chi connectivity index (χ0n) is 27.5. The van der Waals surface area contributed by atoms with Crippen LogP contribution in [0.5, 0.6) is 0 Å². The van der Waals surface area contributed by atoms with E-state index in [1.54, 1.807) is 0 Å². The van der Waals surface area contributed by atoms with Gasteiger partial charge in [0.2, 0.25) is 0 Å². The minimum atomic E-state index is 0.602. The van der Waals surface area contributed by atoms with Crippen LogP contribution in [0.3, 0.4) is 0 Å². The van der Waals surface area contributed by atoms with Crippen molar-refractivity contribution in [3.63, 3.8) is 0 Å². The predicted octanol–water partition coefficient (Wildman–Crippen LogP) is 12.4. The van der Waals surface area contributed by atoms with Gasteiger partial charge < -0.3 is 4.42 Å². The Morgan fingerprint density at radius 1 is 0.333 bits per heavy atom. The molecule has 238 valence electrons. The summed E-state index contributed by atoms with van der Waals surface area (Å²) in [4.78, 5) is 15.2. The molecule has 0 aliphatic carbocycles. The summed E-state index contributed by atoms with van der Waals surface area (Å²) < 4.78 is 6.67. The maximum Gasteiger partial charge on any atom is 0.164 e. The average Bonchev–Trinajstić information content (AvgIpc) is 3.60. The number of fused-ring (bicyclic) bond motifs is 5. The highest BCUT2D eigenvalue weighted by molar-refractivity contribution is 6.15. The SMILES string of the molecule is c1ccc(-c2nc(-c3ccc4ccccc4c3)nc(-c3cccc4oc5c(-c6ccc(-c7ccc8ccccc8c7)cc6)cccc5c34)n2)cc1. The third-order valence-corrected chi connectivity index (χ3v) is 9.72. The molecular formula is C47H29N3O. The molecule has 10 aromatic rings. The number of benzene rings is 8. The number of para-hydroxylation sites is 1. The molecule has 0 radical (unpaired) electrons. The molecule has 4 nitrogen and oxygen atoms in total. The molecule has 4 heteroatoms. The van der Waals surface area contributed by atoms with Crippen molar-refractivity contribution in [1.29, 1.82) is 0 Å². The van der Waals surface area contributed by atoms with Crippen LogP contribution in [0.2, 0.25) is 0 Å². The Hall–Kier alpha value is -6.91. The minimum Gasteiger partial charge on any atom is -0.455 e. The Morgan fingerprint density at radius 2 is 0.882 bits per heavy atom. The second-order valence-electron chi connectivity index (χ2n) is 12.8. The van der Waals surface area contributed by atoms with Crippen molar-refractivity contribution >= 4 is 43.5 Å². The summed E-state index contributed by atoms with van der Waals surface area (Å²) in [5, 5.41) is 6.79. The largest absolute Gasteiger partial charge is 0.455 e. The summed E-state index contributed by atoms with van der Waals surface area (Å²) in [5.74, 6) is 1.85. The van der Waals surface area contributed by atoms with Crippen molar-refractivity contribution < 1.29 is 4.42 Å². The summed E-state index contributed by atoms with van der Waals surface area (Å²) in [5.41, 5.74) is 8.90. The van der Waals surface area contributed by atoms with Crippen LogP contribution in [-0.2, 0) is 0 Å². The number of rotatable bonds is 5. The molecule has 0 saturated heterocycles. The summed E-state index contributed by atoms with van der Waals surface area (Å²) in [7, 11) is 0. The van der Waals surface area contributed by atoms with E-state index in [1.807, 2.05) is 42.5 Å². The molecule has 0 aliphatic heterocycles. The maximum absolute atomic E-state index is 6.67. The Morgan fingerprint density at radius 3 is 1.63 bits per heavy atom.